The number of carbonyl (C=O) groups excluding carboxylic acids is 1. The predicted molar refractivity (Wildman–Crippen MR) is 123 cm³/mol. The Kier molecular flexibility index (Phi) is 8.82. The minimum absolute atomic E-state index is 0.0285. The summed E-state index contributed by atoms with van der Waals surface area (Å²) in [6, 6.07) is 9.00. The van der Waals surface area contributed by atoms with Gasteiger partial charge in [-0.15, -0.1) is 0 Å². The Hall–Kier alpha value is -3.99. The van der Waals surface area contributed by atoms with Crippen LogP contribution in [0.4, 0.5) is 17.6 Å². The lowest BCUT2D eigenvalue weighted by Gasteiger charge is -2.28. The van der Waals surface area contributed by atoms with E-state index in [0.29, 0.717) is 31.3 Å². The third kappa shape index (κ3) is 7.74. The molecule has 1 unspecified atom stereocenters. The molecule has 0 aliphatic carbocycles. The standard InChI is InChI=1S/C26H23F4NO6/c27-18-6-4-16(5-7-18)24(34)21(22(25(35)36)15-23(32)33)10-13-31-11-8-19(9-12-31)37-20-3-1-2-17(14-20)26(28,29)30/h1-8,14-15,21H,9-13H2,(H,32,33)(H,35,36)/b22-15+. The molecule has 1 aliphatic rings. The van der Waals surface area contributed by atoms with E-state index in [-0.39, 0.29) is 24.3 Å². The molecule has 1 heterocycles. The van der Waals surface area contributed by atoms with Crippen LogP contribution in [0.25, 0.3) is 0 Å². The molecule has 0 bridgehead atoms. The highest BCUT2D eigenvalue weighted by Crippen LogP contribution is 2.32. The molecule has 196 valence electrons. The lowest BCUT2D eigenvalue weighted by atomic mass is 9.87. The largest absolute Gasteiger partial charge is 0.478 e. The van der Waals surface area contributed by atoms with Crippen LogP contribution in [0.15, 0.2) is 72.0 Å². The van der Waals surface area contributed by atoms with E-state index in [1.165, 1.54) is 24.3 Å². The van der Waals surface area contributed by atoms with Gasteiger partial charge < -0.3 is 14.9 Å². The van der Waals surface area contributed by atoms with Crippen LogP contribution < -0.4 is 4.74 Å². The second-order valence-electron chi connectivity index (χ2n) is 8.30. The van der Waals surface area contributed by atoms with Crippen LogP contribution in [0.2, 0.25) is 0 Å². The zero-order chi connectivity index (χ0) is 27.2. The van der Waals surface area contributed by atoms with Gasteiger partial charge in [-0.25, -0.2) is 14.0 Å². The number of nitrogens with zero attached hydrogens (tertiary/aromatic N) is 1. The maximum absolute atomic E-state index is 13.3. The second-order valence-corrected chi connectivity index (χ2v) is 8.30. The van der Waals surface area contributed by atoms with Gasteiger partial charge in [-0.1, -0.05) is 6.07 Å². The predicted octanol–water partition coefficient (Wildman–Crippen LogP) is 4.80. The molecule has 0 fully saturated rings. The molecular weight excluding hydrogens is 498 g/mol. The highest BCUT2D eigenvalue weighted by Gasteiger charge is 2.31. The summed E-state index contributed by atoms with van der Waals surface area (Å²) >= 11 is 0. The van der Waals surface area contributed by atoms with E-state index in [9.17, 15) is 37.1 Å². The second kappa shape index (κ2) is 11.8. The first-order valence-electron chi connectivity index (χ1n) is 11.2. The molecule has 2 aromatic carbocycles. The smallest absolute Gasteiger partial charge is 0.416 e. The molecule has 2 N–H and O–H groups in total. The summed E-state index contributed by atoms with van der Waals surface area (Å²) < 4.78 is 57.6. The number of benzene rings is 2. The maximum Gasteiger partial charge on any atom is 0.416 e. The topological polar surface area (TPSA) is 104 Å². The van der Waals surface area contributed by atoms with Crippen molar-refractivity contribution in [2.45, 2.75) is 19.0 Å². The number of carboxylic acids is 2. The molecular formula is C26H23F4NO6. The van der Waals surface area contributed by atoms with Gasteiger partial charge >= 0.3 is 18.1 Å². The molecule has 11 heteroatoms. The van der Waals surface area contributed by atoms with Gasteiger partial charge in [-0.2, -0.15) is 13.2 Å². The number of carbonyl (C=O) groups is 3. The van der Waals surface area contributed by atoms with Crippen molar-refractivity contribution < 1.29 is 46.9 Å². The number of Topliss-reactive ketones (excluding diaryl/α,β-unsaturated/α-hetero) is 1. The van der Waals surface area contributed by atoms with E-state index in [2.05, 4.69) is 0 Å². The van der Waals surface area contributed by atoms with Gasteiger partial charge in [-0.3, -0.25) is 9.69 Å². The van der Waals surface area contributed by atoms with Crippen LogP contribution in [0.3, 0.4) is 0 Å². The average molecular weight is 521 g/mol. The van der Waals surface area contributed by atoms with Crippen molar-refractivity contribution in [3.05, 3.63) is 89.0 Å². The van der Waals surface area contributed by atoms with Crippen LogP contribution in [-0.2, 0) is 15.8 Å². The number of hydrogen-bond acceptors (Lipinski definition) is 5. The number of hydrogen-bond donors (Lipinski definition) is 2. The Labute approximate surface area is 209 Å². The summed E-state index contributed by atoms with van der Waals surface area (Å²) in [7, 11) is 0. The van der Waals surface area contributed by atoms with Crippen molar-refractivity contribution in [3.8, 4) is 5.75 Å². The third-order valence-corrected chi connectivity index (χ3v) is 5.74. The van der Waals surface area contributed by atoms with Crippen molar-refractivity contribution in [3.63, 3.8) is 0 Å². The molecule has 1 atom stereocenters. The molecule has 7 nitrogen and oxygen atoms in total. The molecule has 2 aromatic rings. The maximum atomic E-state index is 13.3. The summed E-state index contributed by atoms with van der Waals surface area (Å²) in [5.74, 6) is -5.11. The number of carboxylic acid groups (broad SMARTS) is 2. The average Bonchev–Trinajstić information content (AvgIpc) is 2.84. The molecule has 0 saturated carbocycles. The minimum atomic E-state index is -4.50. The number of halogens is 4. The Morgan fingerprint density at radius 2 is 1.78 bits per heavy atom. The highest BCUT2D eigenvalue weighted by atomic mass is 19.4. The van der Waals surface area contributed by atoms with Crippen LogP contribution in [0, 0.1) is 11.7 Å². The van der Waals surface area contributed by atoms with Gasteiger partial charge in [0, 0.05) is 31.1 Å². The monoisotopic (exact) mass is 521 g/mol. The van der Waals surface area contributed by atoms with E-state index in [1.54, 1.807) is 6.08 Å². The van der Waals surface area contributed by atoms with Gasteiger partial charge in [0.2, 0.25) is 0 Å². The Balaban J connectivity index is 1.70. The van der Waals surface area contributed by atoms with E-state index in [0.717, 1.165) is 24.3 Å². The molecule has 3 rings (SSSR count). The lowest BCUT2D eigenvalue weighted by molar-refractivity contribution is -0.137. The molecule has 0 radical (unpaired) electrons. The molecule has 0 amide bonds. The number of ether oxygens (including phenoxy) is 1. The summed E-state index contributed by atoms with van der Waals surface area (Å²) in [5, 5.41) is 18.7. The SMILES string of the molecule is O=C(O)/C=C(/C(=O)O)C(CCN1CC=C(Oc2cccc(C(F)(F)F)c2)CC1)C(=O)c1ccc(F)cc1. The minimum Gasteiger partial charge on any atom is -0.478 e. The molecule has 0 aromatic heterocycles. The number of rotatable bonds is 10. The number of aliphatic carboxylic acids is 2. The molecule has 37 heavy (non-hydrogen) atoms. The fourth-order valence-electron chi connectivity index (χ4n) is 3.87. The number of ketones is 1. The van der Waals surface area contributed by atoms with Gasteiger partial charge in [0.05, 0.1) is 17.1 Å². The van der Waals surface area contributed by atoms with Crippen molar-refractivity contribution >= 4 is 17.7 Å². The van der Waals surface area contributed by atoms with Crippen molar-refractivity contribution in [1.82, 2.24) is 4.90 Å². The summed E-state index contributed by atoms with van der Waals surface area (Å²) in [6.07, 6.45) is -2.02. The first-order valence-corrected chi connectivity index (χ1v) is 11.2. The zero-order valence-electron chi connectivity index (χ0n) is 19.4. The van der Waals surface area contributed by atoms with Crippen LogP contribution in [-0.4, -0.2) is 52.5 Å². The Bertz CT molecular complexity index is 1220. The van der Waals surface area contributed by atoms with Gasteiger partial charge in [0.25, 0.3) is 0 Å². The third-order valence-electron chi connectivity index (χ3n) is 5.74. The zero-order valence-corrected chi connectivity index (χ0v) is 19.4. The van der Waals surface area contributed by atoms with Crippen LogP contribution in [0.5, 0.6) is 5.75 Å². The first-order chi connectivity index (χ1) is 17.4. The Morgan fingerprint density at radius 3 is 2.35 bits per heavy atom. The van der Waals surface area contributed by atoms with E-state index < -0.39 is 46.8 Å². The Morgan fingerprint density at radius 1 is 1.08 bits per heavy atom. The lowest BCUT2D eigenvalue weighted by Crippen LogP contribution is -2.34. The van der Waals surface area contributed by atoms with Crippen LogP contribution in [0.1, 0.15) is 28.8 Å². The van der Waals surface area contributed by atoms with E-state index >= 15 is 0 Å². The van der Waals surface area contributed by atoms with Crippen molar-refractivity contribution in [1.29, 1.82) is 0 Å². The quantitative estimate of drug-likeness (QED) is 0.263. The summed E-state index contributed by atoms with van der Waals surface area (Å²) in [5.41, 5.74) is -1.38. The van der Waals surface area contributed by atoms with E-state index in [4.69, 9.17) is 9.84 Å². The normalized spacial score (nSPS) is 15.6. The summed E-state index contributed by atoms with van der Waals surface area (Å²) in [4.78, 5) is 37.9. The van der Waals surface area contributed by atoms with Crippen LogP contribution >= 0.6 is 0 Å². The van der Waals surface area contributed by atoms with Crippen molar-refractivity contribution in [2.24, 2.45) is 5.92 Å². The van der Waals surface area contributed by atoms with Gasteiger partial charge in [0.15, 0.2) is 5.78 Å². The fourth-order valence-corrected chi connectivity index (χ4v) is 3.87. The fraction of sp³-hybridized carbons (Fsp3) is 0.269. The summed E-state index contributed by atoms with van der Waals surface area (Å²) in [6.45, 7) is 0.944. The molecule has 0 spiro atoms. The van der Waals surface area contributed by atoms with E-state index in [1.807, 2.05) is 4.90 Å². The van der Waals surface area contributed by atoms with Crippen molar-refractivity contribution in [2.75, 3.05) is 19.6 Å². The molecule has 0 saturated heterocycles. The van der Waals surface area contributed by atoms with Gasteiger partial charge in [-0.05, 0) is 61.5 Å². The first kappa shape index (κ1) is 27.6. The molecule has 1 aliphatic heterocycles. The van der Waals surface area contributed by atoms with Gasteiger partial charge in [0.1, 0.15) is 17.3 Å². The highest BCUT2D eigenvalue weighted by molar-refractivity contribution is 6.07. The number of alkyl halides is 3.